The van der Waals surface area contributed by atoms with E-state index in [0.717, 1.165) is 32.4 Å². The maximum atomic E-state index is 5.61. The molecule has 1 rings (SSSR count). The van der Waals surface area contributed by atoms with Gasteiger partial charge in [0.25, 0.3) is 0 Å². The Bertz CT molecular complexity index is 251. The average molecular weight is 224 g/mol. The summed E-state index contributed by atoms with van der Waals surface area (Å²) in [6.07, 6.45) is 3.32. The minimum Gasteiger partial charge on any atom is -0.330 e. The van der Waals surface area contributed by atoms with E-state index in [1.54, 1.807) is 0 Å². The number of benzene rings is 1. The van der Waals surface area contributed by atoms with Gasteiger partial charge >= 0.3 is 0 Å². The van der Waals surface area contributed by atoms with Gasteiger partial charge in [0.1, 0.15) is 0 Å². The Morgan fingerprint density at radius 3 is 2.33 bits per heavy atom. The second-order valence-corrected chi connectivity index (χ2v) is 4.93. The number of thioether (sulfide) groups is 1. The van der Waals surface area contributed by atoms with Crippen molar-refractivity contribution in [2.45, 2.75) is 29.4 Å². The first-order valence-electron chi connectivity index (χ1n) is 5.48. The van der Waals surface area contributed by atoms with Gasteiger partial charge in [-0.25, -0.2) is 0 Å². The van der Waals surface area contributed by atoms with Gasteiger partial charge < -0.3 is 11.5 Å². The molecule has 0 heterocycles. The lowest BCUT2D eigenvalue weighted by molar-refractivity contribution is 0.668. The monoisotopic (exact) mass is 224 g/mol. The van der Waals surface area contributed by atoms with Crippen molar-refractivity contribution in [3.05, 3.63) is 30.3 Å². The Morgan fingerprint density at radius 1 is 1.00 bits per heavy atom. The van der Waals surface area contributed by atoms with Crippen molar-refractivity contribution in [3.63, 3.8) is 0 Å². The lowest BCUT2D eigenvalue weighted by Gasteiger charge is -2.14. The molecule has 4 N–H and O–H groups in total. The Kier molecular flexibility index (Phi) is 6.48. The highest BCUT2D eigenvalue weighted by atomic mass is 32.2. The third-order valence-corrected chi connectivity index (χ3v) is 3.61. The van der Waals surface area contributed by atoms with Crippen LogP contribution in [0.4, 0.5) is 0 Å². The fraction of sp³-hybridized carbons (Fsp3) is 0.500. The maximum absolute atomic E-state index is 5.61. The molecule has 0 saturated carbocycles. The highest BCUT2D eigenvalue weighted by Crippen LogP contribution is 2.27. The van der Waals surface area contributed by atoms with Crippen LogP contribution in [0.1, 0.15) is 19.3 Å². The molecule has 2 nitrogen and oxygen atoms in total. The molecule has 0 aliphatic heterocycles. The summed E-state index contributed by atoms with van der Waals surface area (Å²) in [4.78, 5) is 1.33. The van der Waals surface area contributed by atoms with E-state index in [1.165, 1.54) is 4.90 Å². The van der Waals surface area contributed by atoms with E-state index in [1.807, 2.05) is 17.8 Å². The molecule has 1 atom stereocenters. The third kappa shape index (κ3) is 5.21. The molecule has 0 aliphatic carbocycles. The summed E-state index contributed by atoms with van der Waals surface area (Å²) in [5, 5.41) is 0.612. The molecule has 0 bridgehead atoms. The predicted molar refractivity (Wildman–Crippen MR) is 68.0 cm³/mol. The first kappa shape index (κ1) is 12.6. The molecule has 0 fully saturated rings. The minimum absolute atomic E-state index is 0.612. The molecule has 0 spiro atoms. The highest BCUT2D eigenvalue weighted by molar-refractivity contribution is 8.00. The van der Waals surface area contributed by atoms with Crippen LogP contribution in [0.3, 0.4) is 0 Å². The second-order valence-electron chi connectivity index (χ2n) is 3.56. The van der Waals surface area contributed by atoms with Gasteiger partial charge in [-0.2, -0.15) is 0 Å². The molecule has 84 valence electrons. The molecule has 1 unspecified atom stereocenters. The normalized spacial score (nSPS) is 12.7. The fourth-order valence-corrected chi connectivity index (χ4v) is 2.72. The van der Waals surface area contributed by atoms with E-state index in [2.05, 4.69) is 24.3 Å². The van der Waals surface area contributed by atoms with Crippen molar-refractivity contribution in [2.75, 3.05) is 13.1 Å². The molecule has 0 aliphatic rings. The number of rotatable bonds is 7. The van der Waals surface area contributed by atoms with Gasteiger partial charge in [-0.05, 0) is 44.5 Å². The van der Waals surface area contributed by atoms with Crippen molar-refractivity contribution in [2.24, 2.45) is 11.5 Å². The SMILES string of the molecule is NCCCC(CCN)Sc1ccccc1. The van der Waals surface area contributed by atoms with E-state index in [4.69, 9.17) is 11.5 Å². The van der Waals surface area contributed by atoms with E-state index in [9.17, 15) is 0 Å². The molecule has 3 heteroatoms. The van der Waals surface area contributed by atoms with Crippen molar-refractivity contribution >= 4 is 11.8 Å². The molecule has 15 heavy (non-hydrogen) atoms. The Labute approximate surface area is 96.4 Å². The molecule has 0 amide bonds. The highest BCUT2D eigenvalue weighted by Gasteiger charge is 2.08. The summed E-state index contributed by atoms with van der Waals surface area (Å²) in [5.41, 5.74) is 11.1. The van der Waals surface area contributed by atoms with E-state index < -0.39 is 0 Å². The zero-order chi connectivity index (χ0) is 10.9. The molecular formula is C12H20N2S. The first-order valence-corrected chi connectivity index (χ1v) is 6.36. The van der Waals surface area contributed by atoms with Crippen molar-refractivity contribution in [3.8, 4) is 0 Å². The standard InChI is InChI=1S/C12H20N2S/c13-9-4-7-12(8-10-14)15-11-5-2-1-3-6-11/h1-3,5-6,12H,4,7-10,13-14H2. The lowest BCUT2D eigenvalue weighted by Crippen LogP contribution is -2.12. The van der Waals surface area contributed by atoms with E-state index in [-0.39, 0.29) is 0 Å². The van der Waals surface area contributed by atoms with Crippen molar-refractivity contribution < 1.29 is 0 Å². The zero-order valence-corrected chi connectivity index (χ0v) is 9.88. The van der Waals surface area contributed by atoms with E-state index >= 15 is 0 Å². The minimum atomic E-state index is 0.612. The third-order valence-electron chi connectivity index (χ3n) is 2.26. The van der Waals surface area contributed by atoms with Gasteiger partial charge in [0.2, 0.25) is 0 Å². The van der Waals surface area contributed by atoms with Crippen LogP contribution in [0.5, 0.6) is 0 Å². The molecule has 0 radical (unpaired) electrons. The number of hydrogen-bond acceptors (Lipinski definition) is 3. The van der Waals surface area contributed by atoms with E-state index in [0.29, 0.717) is 5.25 Å². The predicted octanol–water partition coefficient (Wildman–Crippen LogP) is 2.24. The summed E-state index contributed by atoms with van der Waals surface area (Å²) in [6, 6.07) is 10.5. The van der Waals surface area contributed by atoms with Gasteiger partial charge in [-0.1, -0.05) is 18.2 Å². The summed E-state index contributed by atoms with van der Waals surface area (Å²) >= 11 is 1.92. The van der Waals surface area contributed by atoms with Crippen LogP contribution >= 0.6 is 11.8 Å². The quantitative estimate of drug-likeness (QED) is 0.698. The summed E-state index contributed by atoms with van der Waals surface area (Å²) in [7, 11) is 0. The number of nitrogens with two attached hydrogens (primary N) is 2. The molecule has 1 aromatic carbocycles. The van der Waals surface area contributed by atoms with Gasteiger partial charge in [0, 0.05) is 10.1 Å². The van der Waals surface area contributed by atoms with Crippen LogP contribution in [0.2, 0.25) is 0 Å². The first-order chi connectivity index (χ1) is 7.36. The largest absolute Gasteiger partial charge is 0.330 e. The molecular weight excluding hydrogens is 204 g/mol. The van der Waals surface area contributed by atoms with Crippen molar-refractivity contribution in [1.29, 1.82) is 0 Å². The van der Waals surface area contributed by atoms with Crippen LogP contribution in [-0.4, -0.2) is 18.3 Å². The maximum Gasteiger partial charge on any atom is 0.0107 e. The molecule has 0 aromatic heterocycles. The number of hydrogen-bond donors (Lipinski definition) is 2. The smallest absolute Gasteiger partial charge is 0.0107 e. The Morgan fingerprint density at radius 2 is 1.73 bits per heavy atom. The van der Waals surface area contributed by atoms with Crippen molar-refractivity contribution in [1.82, 2.24) is 0 Å². The van der Waals surface area contributed by atoms with Crippen LogP contribution in [0, 0.1) is 0 Å². The molecule has 0 saturated heterocycles. The summed E-state index contributed by atoms with van der Waals surface area (Å²) < 4.78 is 0. The topological polar surface area (TPSA) is 52.0 Å². The second kappa shape index (κ2) is 7.74. The van der Waals surface area contributed by atoms with Crippen LogP contribution < -0.4 is 11.5 Å². The zero-order valence-electron chi connectivity index (χ0n) is 9.06. The fourth-order valence-electron chi connectivity index (χ4n) is 1.49. The van der Waals surface area contributed by atoms with Gasteiger partial charge in [0.15, 0.2) is 0 Å². The van der Waals surface area contributed by atoms with Gasteiger partial charge in [-0.3, -0.25) is 0 Å². The van der Waals surface area contributed by atoms with Crippen LogP contribution in [0.25, 0.3) is 0 Å². The summed E-state index contributed by atoms with van der Waals surface area (Å²) in [5.74, 6) is 0. The van der Waals surface area contributed by atoms with Gasteiger partial charge in [0.05, 0.1) is 0 Å². The summed E-state index contributed by atoms with van der Waals surface area (Å²) in [6.45, 7) is 1.53. The van der Waals surface area contributed by atoms with Crippen LogP contribution in [0.15, 0.2) is 35.2 Å². The van der Waals surface area contributed by atoms with Crippen LogP contribution in [-0.2, 0) is 0 Å². The Balaban J connectivity index is 2.43. The lowest BCUT2D eigenvalue weighted by atomic mass is 10.2. The average Bonchev–Trinajstić information content (AvgIpc) is 2.28. The van der Waals surface area contributed by atoms with Gasteiger partial charge in [-0.15, -0.1) is 11.8 Å². The molecule has 1 aromatic rings. The Hall–Kier alpha value is -0.510.